The maximum atomic E-state index is 12.0. The van der Waals surface area contributed by atoms with Gasteiger partial charge in [0.15, 0.2) is 18.1 Å². The molecule has 0 bridgehead atoms. The van der Waals surface area contributed by atoms with Crippen molar-refractivity contribution in [2.45, 2.75) is 37.9 Å². The predicted molar refractivity (Wildman–Crippen MR) is 91.1 cm³/mol. The second-order valence-corrected chi connectivity index (χ2v) is 6.44. The molecule has 1 N–H and O–H groups in total. The number of anilines is 1. The SMILES string of the molecule is O=C(COC(=O)c1ccco1)Nc1ccc2c(c1)OC1(CCCCC1)O2. The number of amides is 1. The number of rotatable bonds is 4. The van der Waals surface area contributed by atoms with E-state index in [1.807, 2.05) is 0 Å². The first-order chi connectivity index (χ1) is 12.6. The smallest absolute Gasteiger partial charge is 0.374 e. The molecule has 1 aromatic carbocycles. The van der Waals surface area contributed by atoms with Crippen LogP contribution >= 0.6 is 0 Å². The van der Waals surface area contributed by atoms with Crippen molar-refractivity contribution < 1.29 is 28.2 Å². The topological polar surface area (TPSA) is 87.0 Å². The van der Waals surface area contributed by atoms with Crippen LogP contribution in [0, 0.1) is 0 Å². The molecule has 7 nitrogen and oxygen atoms in total. The van der Waals surface area contributed by atoms with E-state index in [4.69, 9.17) is 18.6 Å². The van der Waals surface area contributed by atoms with Crippen molar-refractivity contribution in [2.75, 3.05) is 11.9 Å². The van der Waals surface area contributed by atoms with Crippen molar-refractivity contribution in [1.82, 2.24) is 0 Å². The van der Waals surface area contributed by atoms with Crippen molar-refractivity contribution in [2.24, 2.45) is 0 Å². The number of fused-ring (bicyclic) bond motifs is 1. The molecule has 0 saturated heterocycles. The molecule has 7 heteroatoms. The molecule has 1 fully saturated rings. The average molecular weight is 357 g/mol. The Bertz CT molecular complexity index is 807. The summed E-state index contributed by atoms with van der Waals surface area (Å²) >= 11 is 0. The highest BCUT2D eigenvalue weighted by atomic mass is 16.7. The maximum absolute atomic E-state index is 12.0. The highest BCUT2D eigenvalue weighted by Crippen LogP contribution is 2.46. The lowest BCUT2D eigenvalue weighted by atomic mass is 9.94. The number of benzene rings is 1. The van der Waals surface area contributed by atoms with Crippen LogP contribution in [-0.4, -0.2) is 24.3 Å². The lowest BCUT2D eigenvalue weighted by molar-refractivity contribution is -0.119. The number of carbonyl (C=O) groups excluding carboxylic acids is 2. The second kappa shape index (κ2) is 6.74. The van der Waals surface area contributed by atoms with E-state index in [1.54, 1.807) is 24.3 Å². The fraction of sp³-hybridized carbons (Fsp3) is 0.368. The minimum atomic E-state index is -0.685. The first-order valence-electron chi connectivity index (χ1n) is 8.66. The minimum absolute atomic E-state index is 0.0543. The summed E-state index contributed by atoms with van der Waals surface area (Å²) in [5.41, 5.74) is 0.555. The number of hydrogen-bond donors (Lipinski definition) is 1. The molecule has 2 aromatic rings. The van der Waals surface area contributed by atoms with Crippen molar-refractivity contribution in [3.63, 3.8) is 0 Å². The maximum Gasteiger partial charge on any atom is 0.374 e. The first kappa shape index (κ1) is 16.5. The van der Waals surface area contributed by atoms with Crippen LogP contribution in [0.3, 0.4) is 0 Å². The molecule has 2 aliphatic rings. The van der Waals surface area contributed by atoms with Crippen molar-refractivity contribution in [3.8, 4) is 11.5 Å². The van der Waals surface area contributed by atoms with Gasteiger partial charge in [0.05, 0.1) is 6.26 Å². The molecular weight excluding hydrogens is 338 g/mol. The Labute approximate surface area is 150 Å². The van der Waals surface area contributed by atoms with Gasteiger partial charge in [0.1, 0.15) is 0 Å². The largest absolute Gasteiger partial charge is 0.457 e. The van der Waals surface area contributed by atoms with Gasteiger partial charge in [0, 0.05) is 24.6 Å². The van der Waals surface area contributed by atoms with E-state index >= 15 is 0 Å². The molecule has 1 spiro atoms. The Hall–Kier alpha value is -2.96. The van der Waals surface area contributed by atoms with E-state index in [9.17, 15) is 9.59 Å². The quantitative estimate of drug-likeness (QED) is 0.843. The fourth-order valence-electron chi connectivity index (χ4n) is 3.26. The highest BCUT2D eigenvalue weighted by molar-refractivity contribution is 5.94. The second-order valence-electron chi connectivity index (χ2n) is 6.44. The van der Waals surface area contributed by atoms with Gasteiger partial charge in [-0.1, -0.05) is 6.42 Å². The Balaban J connectivity index is 1.34. The third kappa shape index (κ3) is 3.37. The molecule has 2 heterocycles. The van der Waals surface area contributed by atoms with Gasteiger partial charge in [-0.25, -0.2) is 4.79 Å². The summed E-state index contributed by atoms with van der Waals surface area (Å²) in [4.78, 5) is 23.6. The molecule has 1 aliphatic carbocycles. The van der Waals surface area contributed by atoms with E-state index in [0.717, 1.165) is 25.7 Å². The van der Waals surface area contributed by atoms with Gasteiger partial charge in [0.2, 0.25) is 5.76 Å². The number of hydrogen-bond acceptors (Lipinski definition) is 6. The van der Waals surface area contributed by atoms with Crippen LogP contribution in [0.4, 0.5) is 5.69 Å². The van der Waals surface area contributed by atoms with Crippen LogP contribution in [0.25, 0.3) is 0 Å². The zero-order valence-corrected chi connectivity index (χ0v) is 14.2. The first-order valence-corrected chi connectivity index (χ1v) is 8.66. The molecule has 0 radical (unpaired) electrons. The zero-order valence-electron chi connectivity index (χ0n) is 14.2. The Morgan fingerprint density at radius 3 is 2.65 bits per heavy atom. The van der Waals surface area contributed by atoms with Crippen molar-refractivity contribution in [3.05, 3.63) is 42.4 Å². The summed E-state index contributed by atoms with van der Waals surface area (Å²) in [5.74, 6) is -0.321. The summed E-state index contributed by atoms with van der Waals surface area (Å²) in [7, 11) is 0. The lowest BCUT2D eigenvalue weighted by Crippen LogP contribution is -2.40. The molecule has 1 aromatic heterocycles. The molecule has 1 saturated carbocycles. The number of nitrogens with one attached hydrogen (secondary N) is 1. The standard InChI is InChI=1S/C19H19NO6/c21-17(12-24-18(22)15-5-4-10-23-15)20-13-6-7-14-16(11-13)26-19(25-14)8-2-1-3-9-19/h4-7,10-11H,1-3,8-9,12H2,(H,20,21). The van der Waals surface area contributed by atoms with Gasteiger partial charge in [-0.15, -0.1) is 0 Å². The molecule has 0 atom stereocenters. The summed E-state index contributed by atoms with van der Waals surface area (Å²) in [6, 6.07) is 8.28. The minimum Gasteiger partial charge on any atom is -0.457 e. The van der Waals surface area contributed by atoms with Crippen LogP contribution < -0.4 is 14.8 Å². The Morgan fingerprint density at radius 2 is 1.88 bits per heavy atom. The highest BCUT2D eigenvalue weighted by Gasteiger charge is 2.42. The third-order valence-corrected chi connectivity index (χ3v) is 4.49. The van der Waals surface area contributed by atoms with E-state index in [-0.39, 0.29) is 5.76 Å². The third-order valence-electron chi connectivity index (χ3n) is 4.49. The van der Waals surface area contributed by atoms with Crippen molar-refractivity contribution >= 4 is 17.6 Å². The summed E-state index contributed by atoms with van der Waals surface area (Å²) in [5, 5.41) is 2.68. The van der Waals surface area contributed by atoms with Gasteiger partial charge < -0.3 is 23.9 Å². The summed E-state index contributed by atoms with van der Waals surface area (Å²) < 4.78 is 21.9. The molecular formula is C19H19NO6. The normalized spacial score (nSPS) is 17.1. The lowest BCUT2D eigenvalue weighted by Gasteiger charge is -2.31. The molecule has 0 unspecified atom stereocenters. The van der Waals surface area contributed by atoms with Gasteiger partial charge in [-0.05, 0) is 37.1 Å². The monoisotopic (exact) mass is 357 g/mol. The van der Waals surface area contributed by atoms with Crippen LogP contribution in [0.5, 0.6) is 11.5 Å². The van der Waals surface area contributed by atoms with Crippen molar-refractivity contribution in [1.29, 1.82) is 0 Å². The summed E-state index contributed by atoms with van der Waals surface area (Å²) in [6.07, 6.45) is 6.46. The number of carbonyl (C=O) groups is 2. The van der Waals surface area contributed by atoms with Gasteiger partial charge in [0.25, 0.3) is 11.7 Å². The number of ether oxygens (including phenoxy) is 3. The van der Waals surface area contributed by atoms with E-state index in [1.165, 1.54) is 18.8 Å². The van der Waals surface area contributed by atoms with E-state index in [0.29, 0.717) is 17.2 Å². The van der Waals surface area contributed by atoms with Gasteiger partial charge in [-0.3, -0.25) is 4.79 Å². The fourth-order valence-corrected chi connectivity index (χ4v) is 3.26. The Kier molecular flexibility index (Phi) is 4.28. The molecule has 136 valence electrons. The van der Waals surface area contributed by atoms with Crippen LogP contribution in [0.15, 0.2) is 41.0 Å². The zero-order chi connectivity index (χ0) is 18.0. The average Bonchev–Trinajstić information content (AvgIpc) is 3.28. The van der Waals surface area contributed by atoms with Crippen LogP contribution in [-0.2, 0) is 9.53 Å². The van der Waals surface area contributed by atoms with Gasteiger partial charge in [-0.2, -0.15) is 0 Å². The summed E-state index contributed by atoms with van der Waals surface area (Å²) in [6.45, 7) is -0.405. The molecule has 4 rings (SSSR count). The molecule has 26 heavy (non-hydrogen) atoms. The number of furan rings is 1. The predicted octanol–water partition coefficient (Wildman–Crippen LogP) is 3.51. The van der Waals surface area contributed by atoms with Crippen LogP contribution in [0.2, 0.25) is 0 Å². The molecule has 1 aliphatic heterocycles. The molecule has 1 amide bonds. The number of esters is 1. The van der Waals surface area contributed by atoms with Crippen LogP contribution in [0.1, 0.15) is 42.7 Å². The van der Waals surface area contributed by atoms with E-state index < -0.39 is 24.3 Å². The van der Waals surface area contributed by atoms with Gasteiger partial charge >= 0.3 is 5.97 Å². The van der Waals surface area contributed by atoms with E-state index in [2.05, 4.69) is 5.32 Å². The Morgan fingerprint density at radius 1 is 1.08 bits per heavy atom.